The van der Waals surface area contributed by atoms with Crippen molar-refractivity contribution in [3.05, 3.63) is 59.4 Å². The molecule has 2 aromatic carbocycles. The third-order valence-electron chi connectivity index (χ3n) is 3.97. The average molecular weight is 424 g/mol. The first-order chi connectivity index (χ1) is 13.8. The number of sulfonamides is 1. The lowest BCUT2D eigenvalue weighted by atomic mass is 10.1. The van der Waals surface area contributed by atoms with Gasteiger partial charge < -0.3 is 14.8 Å². The largest absolute Gasteiger partial charge is 0.497 e. The Kier molecular flexibility index (Phi) is 7.68. The summed E-state index contributed by atoms with van der Waals surface area (Å²) in [4.78, 5) is 23.5. The standard InChI is InChI=1S/C19H21FN2O6S/c1-21-29(25,26)15-7-8-17(20)16(11-15)19(24)28-12-18(23)22-10-9-13-3-5-14(27-2)6-4-13/h3-8,11,21H,9-10,12H2,1-2H3,(H,22,23). The lowest BCUT2D eigenvalue weighted by Crippen LogP contribution is -2.30. The maximum absolute atomic E-state index is 13.9. The molecule has 2 aromatic rings. The fraction of sp³-hybridized carbons (Fsp3) is 0.263. The molecule has 2 N–H and O–H groups in total. The minimum atomic E-state index is -3.86. The SMILES string of the molecule is CNS(=O)(=O)c1ccc(F)c(C(=O)OCC(=O)NCCc2ccc(OC)cc2)c1. The van der Waals surface area contributed by atoms with E-state index in [0.29, 0.717) is 13.0 Å². The van der Waals surface area contributed by atoms with Crippen LogP contribution >= 0.6 is 0 Å². The van der Waals surface area contributed by atoms with Crippen LogP contribution in [0.15, 0.2) is 47.4 Å². The van der Waals surface area contributed by atoms with Gasteiger partial charge in [0.15, 0.2) is 6.61 Å². The molecule has 0 unspecified atom stereocenters. The molecule has 0 saturated carbocycles. The minimum absolute atomic E-state index is 0.294. The molecule has 0 saturated heterocycles. The Hall–Kier alpha value is -2.98. The third kappa shape index (κ3) is 6.26. The van der Waals surface area contributed by atoms with Gasteiger partial charge in [-0.1, -0.05) is 12.1 Å². The second-order valence-corrected chi connectivity index (χ2v) is 7.76. The summed E-state index contributed by atoms with van der Waals surface area (Å²) in [6.45, 7) is -0.309. The van der Waals surface area contributed by atoms with Gasteiger partial charge in [0, 0.05) is 6.54 Å². The molecule has 29 heavy (non-hydrogen) atoms. The van der Waals surface area contributed by atoms with E-state index >= 15 is 0 Å². The van der Waals surface area contributed by atoms with Crippen molar-refractivity contribution >= 4 is 21.9 Å². The normalized spacial score (nSPS) is 11.0. The van der Waals surface area contributed by atoms with E-state index in [-0.39, 0.29) is 4.90 Å². The topological polar surface area (TPSA) is 111 Å². The monoisotopic (exact) mass is 424 g/mol. The molecule has 0 spiro atoms. The fourth-order valence-electron chi connectivity index (χ4n) is 2.34. The van der Waals surface area contributed by atoms with Crippen LogP contribution in [0, 0.1) is 5.82 Å². The molecule has 1 amide bonds. The number of amides is 1. The van der Waals surface area contributed by atoms with Crippen LogP contribution in [0.5, 0.6) is 5.75 Å². The molecule has 0 heterocycles. The number of methoxy groups -OCH3 is 1. The molecule has 8 nitrogen and oxygen atoms in total. The number of hydrogen-bond acceptors (Lipinski definition) is 6. The molecule has 0 fully saturated rings. The van der Waals surface area contributed by atoms with Crippen LogP contribution in [-0.4, -0.2) is 47.6 Å². The first kappa shape index (κ1) is 22.3. The lowest BCUT2D eigenvalue weighted by Gasteiger charge is -2.09. The van der Waals surface area contributed by atoms with Gasteiger partial charge >= 0.3 is 5.97 Å². The quantitative estimate of drug-likeness (QED) is 0.587. The van der Waals surface area contributed by atoms with Crippen LogP contribution in [0.25, 0.3) is 0 Å². The third-order valence-corrected chi connectivity index (χ3v) is 5.38. The smallest absolute Gasteiger partial charge is 0.341 e. The Morgan fingerprint density at radius 1 is 1.10 bits per heavy atom. The molecule has 0 atom stereocenters. The first-order valence-corrected chi connectivity index (χ1v) is 10.0. The molecule has 0 aliphatic rings. The van der Waals surface area contributed by atoms with E-state index < -0.39 is 39.9 Å². The van der Waals surface area contributed by atoms with E-state index in [4.69, 9.17) is 9.47 Å². The number of rotatable bonds is 9. The van der Waals surface area contributed by atoms with Crippen molar-refractivity contribution in [2.75, 3.05) is 27.3 Å². The summed E-state index contributed by atoms with van der Waals surface area (Å²) < 4.78 is 49.3. The molecule has 0 aliphatic carbocycles. The predicted molar refractivity (Wildman–Crippen MR) is 103 cm³/mol. The summed E-state index contributed by atoms with van der Waals surface area (Å²) >= 11 is 0. The summed E-state index contributed by atoms with van der Waals surface area (Å²) in [6, 6.07) is 10.0. The van der Waals surface area contributed by atoms with Crippen molar-refractivity contribution in [1.82, 2.24) is 10.0 Å². The molecule has 0 bridgehead atoms. The zero-order valence-corrected chi connectivity index (χ0v) is 16.7. The van der Waals surface area contributed by atoms with Crippen LogP contribution in [0.4, 0.5) is 4.39 Å². The van der Waals surface area contributed by atoms with Crippen LogP contribution < -0.4 is 14.8 Å². The van der Waals surface area contributed by atoms with Crippen LogP contribution in [0.2, 0.25) is 0 Å². The van der Waals surface area contributed by atoms with Crippen molar-refractivity contribution in [1.29, 1.82) is 0 Å². The Balaban J connectivity index is 1.86. The number of esters is 1. The number of ether oxygens (including phenoxy) is 2. The van der Waals surface area contributed by atoms with Crippen molar-refractivity contribution < 1.29 is 31.9 Å². The summed E-state index contributed by atoms with van der Waals surface area (Å²) in [5.74, 6) is -1.93. The number of carbonyl (C=O) groups is 2. The van der Waals surface area contributed by atoms with Gasteiger partial charge in [0.25, 0.3) is 5.91 Å². The number of hydrogen-bond donors (Lipinski definition) is 2. The Bertz CT molecular complexity index is 977. The summed E-state index contributed by atoms with van der Waals surface area (Å²) in [5, 5.41) is 2.58. The van der Waals surface area contributed by atoms with Crippen LogP contribution in [-0.2, 0) is 26.0 Å². The average Bonchev–Trinajstić information content (AvgIpc) is 2.72. The number of carbonyl (C=O) groups excluding carboxylic acids is 2. The van der Waals surface area contributed by atoms with E-state index in [1.54, 1.807) is 19.2 Å². The number of nitrogens with one attached hydrogen (secondary N) is 2. The second kappa shape index (κ2) is 9.99. The summed E-state index contributed by atoms with van der Waals surface area (Å²) in [7, 11) is -1.10. The molecule has 2 rings (SSSR count). The van der Waals surface area contributed by atoms with Gasteiger partial charge in [-0.3, -0.25) is 4.79 Å². The van der Waals surface area contributed by atoms with Gasteiger partial charge in [0.1, 0.15) is 11.6 Å². The van der Waals surface area contributed by atoms with Gasteiger partial charge in [-0.2, -0.15) is 0 Å². The molecule has 10 heteroatoms. The van der Waals surface area contributed by atoms with Crippen LogP contribution in [0.3, 0.4) is 0 Å². The first-order valence-electron chi connectivity index (χ1n) is 8.56. The zero-order valence-electron chi connectivity index (χ0n) is 15.9. The van der Waals surface area contributed by atoms with Gasteiger partial charge in [-0.15, -0.1) is 0 Å². The van der Waals surface area contributed by atoms with E-state index in [0.717, 1.165) is 29.5 Å². The van der Waals surface area contributed by atoms with Gasteiger partial charge in [0.05, 0.1) is 17.6 Å². The molecular formula is C19H21FN2O6S. The van der Waals surface area contributed by atoms with Gasteiger partial charge in [-0.05, 0) is 49.4 Å². The highest BCUT2D eigenvalue weighted by Gasteiger charge is 2.20. The number of benzene rings is 2. The van der Waals surface area contributed by atoms with Crippen molar-refractivity contribution in [3.63, 3.8) is 0 Å². The molecule has 0 radical (unpaired) electrons. The summed E-state index contributed by atoms with van der Waals surface area (Å²) in [6.07, 6.45) is 0.558. The van der Waals surface area contributed by atoms with E-state index in [2.05, 4.69) is 10.0 Å². The Morgan fingerprint density at radius 2 is 1.79 bits per heavy atom. The van der Waals surface area contributed by atoms with Gasteiger partial charge in [0.2, 0.25) is 10.0 Å². The Labute approximate surface area is 168 Å². The molecule has 0 aromatic heterocycles. The van der Waals surface area contributed by atoms with Crippen molar-refractivity contribution in [2.45, 2.75) is 11.3 Å². The maximum Gasteiger partial charge on any atom is 0.341 e. The molecule has 156 valence electrons. The van der Waals surface area contributed by atoms with Gasteiger partial charge in [-0.25, -0.2) is 22.3 Å². The predicted octanol–water partition coefficient (Wildman–Crippen LogP) is 1.26. The van der Waals surface area contributed by atoms with Crippen molar-refractivity contribution in [3.8, 4) is 5.75 Å². The van der Waals surface area contributed by atoms with Crippen molar-refractivity contribution in [2.24, 2.45) is 0 Å². The van der Waals surface area contributed by atoms with E-state index in [1.165, 1.54) is 7.05 Å². The number of halogens is 1. The fourth-order valence-corrected chi connectivity index (χ4v) is 3.10. The lowest BCUT2D eigenvalue weighted by molar-refractivity contribution is -0.124. The highest BCUT2D eigenvalue weighted by atomic mass is 32.2. The van der Waals surface area contributed by atoms with E-state index in [1.807, 2.05) is 12.1 Å². The summed E-state index contributed by atoms with van der Waals surface area (Å²) in [5.41, 5.74) is 0.403. The minimum Gasteiger partial charge on any atom is -0.497 e. The maximum atomic E-state index is 13.9. The highest BCUT2D eigenvalue weighted by molar-refractivity contribution is 7.89. The van der Waals surface area contributed by atoms with Crippen LogP contribution in [0.1, 0.15) is 15.9 Å². The highest BCUT2D eigenvalue weighted by Crippen LogP contribution is 2.16. The molecular weight excluding hydrogens is 403 g/mol. The second-order valence-electron chi connectivity index (χ2n) is 5.87. The zero-order chi connectivity index (χ0) is 21.4. The molecule has 0 aliphatic heterocycles. The van der Waals surface area contributed by atoms with E-state index in [9.17, 15) is 22.4 Å². The Morgan fingerprint density at radius 3 is 2.41 bits per heavy atom.